The third kappa shape index (κ3) is 3.88. The van der Waals surface area contributed by atoms with Crippen LogP contribution in [0, 0.1) is 12.8 Å². The van der Waals surface area contributed by atoms with Crippen molar-refractivity contribution in [2.24, 2.45) is 13.0 Å². The number of aryl methyl sites for hydroxylation is 2. The summed E-state index contributed by atoms with van der Waals surface area (Å²) >= 11 is 0. The van der Waals surface area contributed by atoms with Gasteiger partial charge in [0, 0.05) is 44.0 Å². The number of alkyl halides is 3. The molecular weight excluding hydrogens is 417 g/mol. The van der Waals surface area contributed by atoms with Crippen LogP contribution in [0.1, 0.15) is 29.5 Å². The van der Waals surface area contributed by atoms with Crippen LogP contribution in [0.3, 0.4) is 0 Å². The van der Waals surface area contributed by atoms with E-state index >= 15 is 0 Å². The van der Waals surface area contributed by atoms with Gasteiger partial charge in [-0.05, 0) is 42.9 Å². The van der Waals surface area contributed by atoms with Gasteiger partial charge in [-0.3, -0.25) is 9.58 Å². The zero-order valence-corrected chi connectivity index (χ0v) is 18.0. The van der Waals surface area contributed by atoms with Gasteiger partial charge < -0.3 is 4.74 Å². The number of hydrogen-bond acceptors (Lipinski definition) is 4. The molecule has 32 heavy (non-hydrogen) atoms. The molecule has 1 aromatic carbocycles. The van der Waals surface area contributed by atoms with Crippen LogP contribution in [0.5, 0.6) is 5.88 Å². The van der Waals surface area contributed by atoms with Crippen molar-refractivity contribution >= 4 is 0 Å². The molecule has 2 bridgehead atoms. The molecule has 3 aromatic rings. The van der Waals surface area contributed by atoms with Crippen LogP contribution in [0.2, 0.25) is 0 Å². The number of benzene rings is 1. The number of hydrogen-bond donors (Lipinski definition) is 0. The second-order valence-corrected chi connectivity index (χ2v) is 8.83. The summed E-state index contributed by atoms with van der Waals surface area (Å²) in [4.78, 5) is 6.34. The number of halogens is 3. The Labute approximate surface area is 184 Å². The zero-order valence-electron chi connectivity index (χ0n) is 18.0. The third-order valence-electron chi connectivity index (χ3n) is 6.63. The van der Waals surface area contributed by atoms with Crippen LogP contribution < -0.4 is 4.74 Å². The van der Waals surface area contributed by atoms with E-state index in [-0.39, 0.29) is 18.0 Å². The minimum atomic E-state index is -4.39. The minimum Gasteiger partial charge on any atom is -0.473 e. The molecule has 1 saturated heterocycles. The first-order valence-electron chi connectivity index (χ1n) is 10.8. The van der Waals surface area contributed by atoms with E-state index < -0.39 is 11.7 Å². The lowest BCUT2D eigenvalue weighted by Crippen LogP contribution is -2.43. The fourth-order valence-electron chi connectivity index (χ4n) is 5.20. The van der Waals surface area contributed by atoms with Crippen molar-refractivity contribution in [1.29, 1.82) is 0 Å². The van der Waals surface area contributed by atoms with Gasteiger partial charge in [-0.1, -0.05) is 24.3 Å². The Morgan fingerprint density at radius 1 is 1.09 bits per heavy atom. The number of ether oxygens (including phenoxy) is 1. The highest BCUT2D eigenvalue weighted by Crippen LogP contribution is 2.41. The molecule has 0 N–H and O–H groups in total. The van der Waals surface area contributed by atoms with Gasteiger partial charge in [0.15, 0.2) is 0 Å². The molecule has 0 spiro atoms. The Bertz CT molecular complexity index is 1090. The molecule has 2 fully saturated rings. The molecule has 3 unspecified atom stereocenters. The van der Waals surface area contributed by atoms with Crippen LogP contribution in [-0.4, -0.2) is 38.4 Å². The van der Waals surface area contributed by atoms with Gasteiger partial charge in [0.2, 0.25) is 5.88 Å². The van der Waals surface area contributed by atoms with Crippen molar-refractivity contribution in [3.05, 3.63) is 65.5 Å². The quantitative estimate of drug-likeness (QED) is 0.567. The summed E-state index contributed by atoms with van der Waals surface area (Å²) in [7, 11) is 1.96. The largest absolute Gasteiger partial charge is 0.473 e. The average Bonchev–Trinajstić information content (AvgIpc) is 3.43. The van der Waals surface area contributed by atoms with Crippen molar-refractivity contribution in [3.8, 4) is 17.1 Å². The highest BCUT2D eigenvalue weighted by Gasteiger charge is 2.46. The first-order chi connectivity index (χ1) is 15.3. The van der Waals surface area contributed by atoms with Crippen molar-refractivity contribution < 1.29 is 17.9 Å². The Hall–Kier alpha value is -2.87. The first-order valence-corrected chi connectivity index (χ1v) is 10.8. The first kappa shape index (κ1) is 21.0. The predicted molar refractivity (Wildman–Crippen MR) is 114 cm³/mol. The molecule has 3 atom stereocenters. The lowest BCUT2D eigenvalue weighted by molar-refractivity contribution is -0.137. The number of piperidine rings is 1. The highest BCUT2D eigenvalue weighted by molar-refractivity contribution is 5.67. The summed E-state index contributed by atoms with van der Waals surface area (Å²) < 4.78 is 46.4. The standard InChI is InChI=1S/C24H25F3N4O/c1-15-11-29-30(2)23(15)19-6-4-3-5-17(19)14-31-13-16-9-20(31)21(10-16)32-22-8-7-18(12-28-22)24(25,26)27/h3-8,11-12,16,20-21H,9-10,13-14H2,1-2H3. The second-order valence-electron chi connectivity index (χ2n) is 8.83. The smallest absolute Gasteiger partial charge is 0.417 e. The summed E-state index contributed by atoms with van der Waals surface area (Å²) in [5.74, 6) is 0.784. The highest BCUT2D eigenvalue weighted by atomic mass is 19.4. The van der Waals surface area contributed by atoms with Crippen LogP contribution in [0.4, 0.5) is 13.2 Å². The molecule has 2 aliphatic rings. The average molecular weight is 442 g/mol. The Kier molecular flexibility index (Phi) is 5.20. The Morgan fingerprint density at radius 3 is 2.56 bits per heavy atom. The molecule has 168 valence electrons. The van der Waals surface area contributed by atoms with E-state index in [1.165, 1.54) is 17.2 Å². The van der Waals surface area contributed by atoms with E-state index in [9.17, 15) is 13.2 Å². The minimum absolute atomic E-state index is 0.0661. The number of pyridine rings is 1. The number of fused-ring (bicyclic) bond motifs is 2. The molecule has 1 aliphatic heterocycles. The lowest BCUT2D eigenvalue weighted by atomic mass is 10.00. The maximum absolute atomic E-state index is 12.8. The maximum Gasteiger partial charge on any atom is 0.417 e. The van der Waals surface area contributed by atoms with Crippen LogP contribution in [0.25, 0.3) is 11.3 Å². The topological polar surface area (TPSA) is 43.2 Å². The van der Waals surface area contributed by atoms with Crippen molar-refractivity contribution in [3.63, 3.8) is 0 Å². The molecule has 0 amide bonds. The predicted octanol–water partition coefficient (Wildman–Crippen LogP) is 4.85. The summed E-state index contributed by atoms with van der Waals surface area (Å²) in [6, 6.07) is 11.0. The molecule has 1 aliphatic carbocycles. The maximum atomic E-state index is 12.8. The fraction of sp³-hybridized carbons (Fsp3) is 0.417. The normalized spacial score (nSPS) is 23.1. The van der Waals surface area contributed by atoms with Gasteiger partial charge in [-0.2, -0.15) is 18.3 Å². The fourth-order valence-corrected chi connectivity index (χ4v) is 5.20. The molecule has 0 radical (unpaired) electrons. The van der Waals surface area contributed by atoms with E-state index in [1.54, 1.807) is 0 Å². The van der Waals surface area contributed by atoms with E-state index in [1.807, 2.05) is 24.0 Å². The zero-order chi connectivity index (χ0) is 22.5. The van der Waals surface area contributed by atoms with Gasteiger partial charge in [0.1, 0.15) is 6.10 Å². The molecule has 5 nitrogen and oxygen atoms in total. The number of rotatable bonds is 5. The van der Waals surface area contributed by atoms with Crippen molar-refractivity contribution in [2.45, 2.75) is 44.6 Å². The lowest BCUT2D eigenvalue weighted by Gasteiger charge is -2.33. The number of likely N-dealkylation sites (tertiary alicyclic amines) is 1. The van der Waals surface area contributed by atoms with Gasteiger partial charge >= 0.3 is 6.18 Å². The second kappa shape index (κ2) is 7.92. The Balaban J connectivity index is 1.32. The van der Waals surface area contributed by atoms with E-state index in [4.69, 9.17) is 4.74 Å². The molecule has 3 heterocycles. The van der Waals surface area contributed by atoms with Gasteiger partial charge in [-0.15, -0.1) is 0 Å². The van der Waals surface area contributed by atoms with Gasteiger partial charge in [0.05, 0.1) is 17.5 Å². The molecule has 1 saturated carbocycles. The summed E-state index contributed by atoms with van der Waals surface area (Å²) in [6.07, 6.45) is 0.208. The van der Waals surface area contributed by atoms with Crippen LogP contribution in [-0.2, 0) is 19.8 Å². The molecular formula is C24H25F3N4O. The Morgan fingerprint density at radius 2 is 1.91 bits per heavy atom. The van der Waals surface area contributed by atoms with Crippen molar-refractivity contribution in [2.75, 3.05) is 6.54 Å². The number of nitrogens with zero attached hydrogens (tertiary/aromatic N) is 4. The summed E-state index contributed by atoms with van der Waals surface area (Å²) in [5, 5.41) is 4.39. The van der Waals surface area contributed by atoms with Gasteiger partial charge in [-0.25, -0.2) is 4.98 Å². The van der Waals surface area contributed by atoms with Crippen LogP contribution in [0.15, 0.2) is 48.8 Å². The van der Waals surface area contributed by atoms with Crippen molar-refractivity contribution in [1.82, 2.24) is 19.7 Å². The SMILES string of the molecule is Cc1cnn(C)c1-c1ccccc1CN1CC2CC(Oc3ccc(C(F)(F)F)cn3)C1C2. The monoisotopic (exact) mass is 442 g/mol. The number of aromatic nitrogens is 3. The van der Waals surface area contributed by atoms with E-state index in [0.29, 0.717) is 5.92 Å². The molecule has 5 rings (SSSR count). The summed E-state index contributed by atoms with van der Waals surface area (Å²) in [5.41, 5.74) is 3.90. The van der Waals surface area contributed by atoms with E-state index in [2.05, 4.69) is 40.1 Å². The molecule has 8 heteroatoms. The van der Waals surface area contributed by atoms with E-state index in [0.717, 1.165) is 49.5 Å². The van der Waals surface area contributed by atoms with Gasteiger partial charge in [0.25, 0.3) is 0 Å². The van der Waals surface area contributed by atoms with Crippen LogP contribution >= 0.6 is 0 Å². The summed E-state index contributed by atoms with van der Waals surface area (Å²) in [6.45, 7) is 3.86. The molecule has 2 aromatic heterocycles. The third-order valence-corrected chi connectivity index (χ3v) is 6.63.